The van der Waals surface area contributed by atoms with E-state index in [9.17, 15) is 9.59 Å². The molecule has 86 valence electrons. The molecule has 0 heterocycles. The second-order valence-corrected chi connectivity index (χ2v) is 3.39. The monoisotopic (exact) mass is 222 g/mol. The van der Waals surface area contributed by atoms with Crippen molar-refractivity contribution in [1.29, 1.82) is 0 Å². The molecule has 0 aliphatic heterocycles. The van der Waals surface area contributed by atoms with Gasteiger partial charge in [0, 0.05) is 11.4 Å². The fourth-order valence-corrected chi connectivity index (χ4v) is 1.16. The lowest BCUT2D eigenvalue weighted by atomic mass is 10.2. The molecule has 6 nitrogen and oxygen atoms in total. The number of rotatable bonds is 4. The van der Waals surface area contributed by atoms with E-state index in [0.717, 1.165) is 0 Å². The Bertz CT molecular complexity index is 406. The van der Waals surface area contributed by atoms with Gasteiger partial charge in [-0.3, -0.25) is 9.59 Å². The van der Waals surface area contributed by atoms with Crippen LogP contribution in [0.1, 0.15) is 6.42 Å². The van der Waals surface area contributed by atoms with Crippen LogP contribution in [-0.4, -0.2) is 17.9 Å². The summed E-state index contributed by atoms with van der Waals surface area (Å²) >= 11 is 0. The Kier molecular flexibility index (Phi) is 3.84. The number of nitrogens with two attached hydrogens (primary N) is 3. The van der Waals surface area contributed by atoms with Crippen molar-refractivity contribution < 1.29 is 9.59 Å². The van der Waals surface area contributed by atoms with Crippen molar-refractivity contribution >= 4 is 23.2 Å². The summed E-state index contributed by atoms with van der Waals surface area (Å²) in [6.07, 6.45) is -0.186. The molecule has 0 spiro atoms. The lowest BCUT2D eigenvalue weighted by Gasteiger charge is -2.10. The van der Waals surface area contributed by atoms with E-state index in [4.69, 9.17) is 17.2 Å². The lowest BCUT2D eigenvalue weighted by molar-refractivity contribution is -0.123. The molecule has 1 aromatic rings. The maximum absolute atomic E-state index is 11.5. The Balaban J connectivity index is 2.60. The van der Waals surface area contributed by atoms with Crippen molar-refractivity contribution in [2.45, 2.75) is 12.5 Å². The maximum Gasteiger partial charge on any atom is 0.241 e. The van der Waals surface area contributed by atoms with E-state index in [1.165, 1.54) is 0 Å². The van der Waals surface area contributed by atoms with Gasteiger partial charge in [-0.15, -0.1) is 0 Å². The van der Waals surface area contributed by atoms with Crippen LogP contribution < -0.4 is 22.5 Å². The summed E-state index contributed by atoms with van der Waals surface area (Å²) < 4.78 is 0. The smallest absolute Gasteiger partial charge is 0.241 e. The molecule has 1 aromatic carbocycles. The van der Waals surface area contributed by atoms with Crippen molar-refractivity contribution in [3.63, 3.8) is 0 Å². The minimum absolute atomic E-state index is 0.186. The molecule has 0 bridgehead atoms. The Morgan fingerprint density at radius 1 is 1.38 bits per heavy atom. The predicted molar refractivity (Wildman–Crippen MR) is 61.3 cm³/mol. The molecule has 6 heteroatoms. The zero-order valence-corrected chi connectivity index (χ0v) is 8.64. The molecule has 7 N–H and O–H groups in total. The van der Waals surface area contributed by atoms with E-state index in [2.05, 4.69) is 5.32 Å². The van der Waals surface area contributed by atoms with Crippen molar-refractivity contribution in [2.24, 2.45) is 11.5 Å². The Morgan fingerprint density at radius 3 is 2.62 bits per heavy atom. The molecule has 1 atom stereocenters. The first-order valence-electron chi connectivity index (χ1n) is 4.69. The fraction of sp³-hybridized carbons (Fsp3) is 0.200. The normalized spacial score (nSPS) is 11.8. The van der Waals surface area contributed by atoms with Gasteiger partial charge in [0.25, 0.3) is 0 Å². The summed E-state index contributed by atoms with van der Waals surface area (Å²) in [6.45, 7) is 0. The number of hydrogen-bond acceptors (Lipinski definition) is 4. The molecule has 0 radical (unpaired) electrons. The van der Waals surface area contributed by atoms with Crippen molar-refractivity contribution in [2.75, 3.05) is 11.1 Å². The van der Waals surface area contributed by atoms with Gasteiger partial charge >= 0.3 is 0 Å². The van der Waals surface area contributed by atoms with Crippen LogP contribution in [0.2, 0.25) is 0 Å². The summed E-state index contributed by atoms with van der Waals surface area (Å²) in [7, 11) is 0. The van der Waals surface area contributed by atoms with E-state index in [1.54, 1.807) is 24.3 Å². The van der Waals surface area contributed by atoms with Crippen LogP contribution in [0.15, 0.2) is 24.3 Å². The zero-order valence-electron chi connectivity index (χ0n) is 8.64. The predicted octanol–water partition coefficient (Wildman–Crippen LogP) is -0.590. The van der Waals surface area contributed by atoms with Crippen LogP contribution >= 0.6 is 0 Å². The number of carbonyl (C=O) groups is 2. The molecule has 0 aliphatic rings. The number of nitrogen functional groups attached to an aromatic ring is 1. The van der Waals surface area contributed by atoms with Crippen molar-refractivity contribution in [1.82, 2.24) is 0 Å². The first kappa shape index (κ1) is 12.0. The number of anilines is 2. The highest BCUT2D eigenvalue weighted by Gasteiger charge is 2.15. The third-order valence-corrected chi connectivity index (χ3v) is 1.91. The van der Waals surface area contributed by atoms with Gasteiger partial charge in [-0.2, -0.15) is 0 Å². The van der Waals surface area contributed by atoms with Gasteiger partial charge in [0.15, 0.2) is 0 Å². The van der Waals surface area contributed by atoms with Gasteiger partial charge in [-0.25, -0.2) is 0 Å². The van der Waals surface area contributed by atoms with Gasteiger partial charge in [-0.1, -0.05) is 6.07 Å². The molecule has 0 saturated carbocycles. The molecule has 1 rings (SSSR count). The largest absolute Gasteiger partial charge is 0.399 e. The van der Waals surface area contributed by atoms with Crippen LogP contribution in [0.5, 0.6) is 0 Å². The summed E-state index contributed by atoms with van der Waals surface area (Å²) in [5.41, 5.74) is 17.0. The second kappa shape index (κ2) is 5.13. The van der Waals surface area contributed by atoms with Gasteiger partial charge in [0.05, 0.1) is 12.5 Å². The molecule has 16 heavy (non-hydrogen) atoms. The van der Waals surface area contributed by atoms with Crippen LogP contribution in [0.3, 0.4) is 0 Å². The first-order chi connectivity index (χ1) is 7.49. The minimum Gasteiger partial charge on any atom is -0.399 e. The number of benzene rings is 1. The molecule has 2 amide bonds. The van der Waals surface area contributed by atoms with Gasteiger partial charge in [0.1, 0.15) is 0 Å². The average Bonchev–Trinajstić information content (AvgIpc) is 2.16. The molecular weight excluding hydrogens is 208 g/mol. The number of primary amides is 1. The average molecular weight is 222 g/mol. The van der Waals surface area contributed by atoms with Gasteiger partial charge in [-0.05, 0) is 18.2 Å². The van der Waals surface area contributed by atoms with E-state index in [0.29, 0.717) is 11.4 Å². The third kappa shape index (κ3) is 3.58. The molecule has 0 unspecified atom stereocenters. The van der Waals surface area contributed by atoms with Crippen LogP contribution in [0.25, 0.3) is 0 Å². The number of hydrogen-bond donors (Lipinski definition) is 4. The number of nitrogens with one attached hydrogen (secondary N) is 1. The lowest BCUT2D eigenvalue weighted by Crippen LogP contribution is -2.38. The van der Waals surface area contributed by atoms with Crippen LogP contribution in [0.4, 0.5) is 11.4 Å². The number of amides is 2. The Morgan fingerprint density at radius 2 is 2.06 bits per heavy atom. The summed E-state index contributed by atoms with van der Waals surface area (Å²) in [4.78, 5) is 22.0. The molecular formula is C10H14N4O2. The highest BCUT2D eigenvalue weighted by molar-refractivity contribution is 5.97. The Hall–Kier alpha value is -2.08. The topological polar surface area (TPSA) is 124 Å². The van der Waals surface area contributed by atoms with Crippen LogP contribution in [0, 0.1) is 0 Å². The van der Waals surface area contributed by atoms with Crippen molar-refractivity contribution in [3.8, 4) is 0 Å². The van der Waals surface area contributed by atoms with Crippen LogP contribution in [-0.2, 0) is 9.59 Å². The molecule has 0 saturated heterocycles. The first-order valence-corrected chi connectivity index (χ1v) is 4.69. The Labute approximate surface area is 92.8 Å². The molecule has 0 aliphatic carbocycles. The zero-order chi connectivity index (χ0) is 12.1. The molecule has 0 fully saturated rings. The second-order valence-electron chi connectivity index (χ2n) is 3.39. The fourth-order valence-electron chi connectivity index (χ4n) is 1.16. The van der Waals surface area contributed by atoms with Crippen molar-refractivity contribution in [3.05, 3.63) is 24.3 Å². The molecule has 0 aromatic heterocycles. The van der Waals surface area contributed by atoms with E-state index < -0.39 is 17.9 Å². The standard InChI is InChI=1S/C10H14N4O2/c11-6-2-1-3-7(4-6)14-10(16)8(12)5-9(13)15/h1-4,8H,5,11-12H2,(H2,13,15)(H,14,16)/t8-/m0/s1. The number of carbonyl (C=O) groups excluding carboxylic acids is 2. The highest BCUT2D eigenvalue weighted by Crippen LogP contribution is 2.11. The summed E-state index contributed by atoms with van der Waals surface area (Å²) in [6, 6.07) is 5.71. The van der Waals surface area contributed by atoms with E-state index >= 15 is 0 Å². The summed E-state index contributed by atoms with van der Waals surface area (Å²) in [5.74, 6) is -1.08. The van der Waals surface area contributed by atoms with E-state index in [1.807, 2.05) is 0 Å². The quantitative estimate of drug-likeness (QED) is 0.508. The van der Waals surface area contributed by atoms with Gasteiger partial charge in [0.2, 0.25) is 11.8 Å². The van der Waals surface area contributed by atoms with E-state index in [-0.39, 0.29) is 6.42 Å². The minimum atomic E-state index is -0.945. The van der Waals surface area contributed by atoms with Gasteiger partial charge < -0.3 is 22.5 Å². The third-order valence-electron chi connectivity index (χ3n) is 1.91. The highest BCUT2D eigenvalue weighted by atomic mass is 16.2. The SMILES string of the molecule is NC(=O)C[C@H](N)C(=O)Nc1cccc(N)c1. The summed E-state index contributed by atoms with van der Waals surface area (Å²) in [5, 5.41) is 2.54. The maximum atomic E-state index is 11.5.